The molecule has 1 N–H and O–H groups in total. The molecular formula is C11H18BrNO3. The molecule has 0 bridgehead atoms. The summed E-state index contributed by atoms with van der Waals surface area (Å²) in [4.78, 5) is 22.7. The van der Waals surface area contributed by atoms with E-state index in [9.17, 15) is 9.59 Å². The van der Waals surface area contributed by atoms with Crippen LogP contribution in [0.25, 0.3) is 0 Å². The molecule has 0 aromatic rings. The molecule has 0 saturated heterocycles. The number of hydrogen-bond donors (Lipinski definition) is 1. The molecule has 0 aromatic heterocycles. The van der Waals surface area contributed by atoms with Crippen LogP contribution in [0.3, 0.4) is 0 Å². The van der Waals surface area contributed by atoms with E-state index >= 15 is 0 Å². The van der Waals surface area contributed by atoms with E-state index in [0.29, 0.717) is 19.6 Å². The molecule has 0 radical (unpaired) electrons. The quantitative estimate of drug-likeness (QED) is 0.548. The molecule has 0 unspecified atom stereocenters. The number of halogens is 1. The van der Waals surface area contributed by atoms with Gasteiger partial charge in [-0.1, -0.05) is 13.3 Å². The monoisotopic (exact) mass is 291 g/mol. The van der Waals surface area contributed by atoms with Crippen molar-refractivity contribution >= 4 is 27.6 Å². The first-order valence-corrected chi connectivity index (χ1v) is 6.08. The number of hydrogen-bond acceptors (Lipinski definition) is 3. The van der Waals surface area contributed by atoms with Crippen molar-refractivity contribution in [2.24, 2.45) is 0 Å². The number of carbonyl (C=O) groups excluding carboxylic acids is 2. The highest BCUT2D eigenvalue weighted by atomic mass is 79.9. The predicted octanol–water partition coefficient (Wildman–Crippen LogP) is 1.79. The van der Waals surface area contributed by atoms with Gasteiger partial charge in [0.2, 0.25) is 0 Å². The summed E-state index contributed by atoms with van der Waals surface area (Å²) < 4.78 is 5.06. The Kier molecular flexibility index (Phi) is 9.13. The fourth-order valence-electron chi connectivity index (χ4n) is 0.981. The van der Waals surface area contributed by atoms with Crippen molar-refractivity contribution in [3.63, 3.8) is 0 Å². The number of allylic oxidation sites excluding steroid dienone is 1. The lowest BCUT2D eigenvalue weighted by Crippen LogP contribution is -2.27. The maximum absolute atomic E-state index is 11.4. The molecule has 1 amide bonds. The number of unbranched alkanes of at least 4 members (excludes halogenated alkanes) is 1. The molecular weight excluding hydrogens is 274 g/mol. The number of ketones is 1. The Morgan fingerprint density at radius 2 is 2.12 bits per heavy atom. The first kappa shape index (κ1) is 15.3. The zero-order valence-corrected chi connectivity index (χ0v) is 11.3. The van der Waals surface area contributed by atoms with Gasteiger partial charge in [0.25, 0.3) is 5.91 Å². The molecule has 0 saturated carbocycles. The number of methoxy groups -OCH3 is 1. The summed E-state index contributed by atoms with van der Waals surface area (Å²) in [7, 11) is 1.56. The number of carbonyl (C=O) groups is 2. The molecule has 0 heterocycles. The summed E-state index contributed by atoms with van der Waals surface area (Å²) in [6, 6.07) is 0. The number of rotatable bonds is 8. The van der Waals surface area contributed by atoms with E-state index in [0.717, 1.165) is 12.8 Å². The lowest BCUT2D eigenvalue weighted by atomic mass is 10.2. The van der Waals surface area contributed by atoms with Gasteiger partial charge in [0.1, 0.15) is 0 Å². The van der Waals surface area contributed by atoms with Gasteiger partial charge in [-0.3, -0.25) is 9.59 Å². The van der Waals surface area contributed by atoms with E-state index in [4.69, 9.17) is 4.74 Å². The van der Waals surface area contributed by atoms with Crippen molar-refractivity contribution in [3.8, 4) is 0 Å². The van der Waals surface area contributed by atoms with Crippen LogP contribution in [0.15, 0.2) is 10.6 Å². The van der Waals surface area contributed by atoms with E-state index in [2.05, 4.69) is 21.2 Å². The second-order valence-electron chi connectivity index (χ2n) is 3.31. The first-order chi connectivity index (χ1) is 7.61. The largest absolute Gasteiger partial charge is 0.383 e. The summed E-state index contributed by atoms with van der Waals surface area (Å²) in [5.74, 6) is -0.322. The minimum atomic E-state index is -0.290. The Morgan fingerprint density at radius 3 is 2.69 bits per heavy atom. The van der Waals surface area contributed by atoms with Crippen molar-refractivity contribution < 1.29 is 14.3 Å². The van der Waals surface area contributed by atoms with Gasteiger partial charge in [0.15, 0.2) is 5.78 Å². The summed E-state index contributed by atoms with van der Waals surface area (Å²) in [6.07, 6.45) is 3.63. The van der Waals surface area contributed by atoms with E-state index in [1.54, 1.807) is 7.11 Å². The fourth-order valence-corrected chi connectivity index (χ4v) is 1.38. The minimum Gasteiger partial charge on any atom is -0.383 e. The van der Waals surface area contributed by atoms with Gasteiger partial charge >= 0.3 is 0 Å². The standard InChI is InChI=1S/C11H18BrNO3/c1-3-4-5-9(14)8-10(12)11(15)13-6-7-16-2/h8H,3-7H2,1-2H3,(H,13,15)/b10-8+. The van der Waals surface area contributed by atoms with Crippen LogP contribution < -0.4 is 5.32 Å². The number of amides is 1. The maximum Gasteiger partial charge on any atom is 0.258 e. The Balaban J connectivity index is 4.00. The first-order valence-electron chi connectivity index (χ1n) is 5.29. The van der Waals surface area contributed by atoms with Crippen LogP contribution in [-0.4, -0.2) is 32.0 Å². The third-order valence-corrected chi connectivity index (χ3v) is 2.46. The van der Waals surface area contributed by atoms with Gasteiger partial charge < -0.3 is 10.1 Å². The van der Waals surface area contributed by atoms with E-state index in [1.165, 1.54) is 6.08 Å². The van der Waals surface area contributed by atoms with E-state index in [-0.39, 0.29) is 16.2 Å². The predicted molar refractivity (Wildman–Crippen MR) is 66.4 cm³/mol. The summed E-state index contributed by atoms with van der Waals surface area (Å²) in [5, 5.41) is 2.61. The van der Waals surface area contributed by atoms with E-state index in [1.807, 2.05) is 6.92 Å². The van der Waals surface area contributed by atoms with Crippen LogP contribution in [-0.2, 0) is 14.3 Å². The molecule has 0 atom stereocenters. The molecule has 0 aliphatic heterocycles. The molecule has 4 nitrogen and oxygen atoms in total. The average molecular weight is 292 g/mol. The average Bonchev–Trinajstić information content (AvgIpc) is 2.26. The second kappa shape index (κ2) is 9.54. The molecule has 0 fully saturated rings. The molecule has 0 aromatic carbocycles. The highest BCUT2D eigenvalue weighted by Crippen LogP contribution is 2.07. The molecule has 5 heteroatoms. The molecule has 0 rings (SSSR count). The molecule has 92 valence electrons. The number of nitrogens with one attached hydrogen (secondary N) is 1. The van der Waals surface area contributed by atoms with Gasteiger partial charge in [-0.05, 0) is 22.4 Å². The van der Waals surface area contributed by atoms with Crippen LogP contribution in [0.4, 0.5) is 0 Å². The van der Waals surface area contributed by atoms with Crippen LogP contribution in [0.2, 0.25) is 0 Å². The van der Waals surface area contributed by atoms with Crippen molar-refractivity contribution in [1.82, 2.24) is 5.32 Å². The van der Waals surface area contributed by atoms with Crippen LogP contribution in [0, 0.1) is 0 Å². The zero-order chi connectivity index (χ0) is 12.4. The fraction of sp³-hybridized carbons (Fsp3) is 0.636. The van der Waals surface area contributed by atoms with Crippen LogP contribution in [0.5, 0.6) is 0 Å². The van der Waals surface area contributed by atoms with Gasteiger partial charge in [-0.2, -0.15) is 0 Å². The number of ether oxygens (including phenoxy) is 1. The Labute approximate surface area is 105 Å². The van der Waals surface area contributed by atoms with Gasteiger partial charge in [0, 0.05) is 26.2 Å². The zero-order valence-electron chi connectivity index (χ0n) is 9.72. The van der Waals surface area contributed by atoms with Crippen molar-refractivity contribution in [3.05, 3.63) is 10.6 Å². The summed E-state index contributed by atoms with van der Waals surface area (Å²) >= 11 is 3.08. The lowest BCUT2D eigenvalue weighted by molar-refractivity contribution is -0.118. The third kappa shape index (κ3) is 7.59. The molecule has 0 aliphatic rings. The smallest absolute Gasteiger partial charge is 0.258 e. The van der Waals surface area contributed by atoms with Gasteiger partial charge in [0.05, 0.1) is 11.1 Å². The Morgan fingerprint density at radius 1 is 1.44 bits per heavy atom. The highest BCUT2D eigenvalue weighted by molar-refractivity contribution is 9.12. The Bertz CT molecular complexity index is 264. The van der Waals surface area contributed by atoms with Crippen molar-refractivity contribution in [1.29, 1.82) is 0 Å². The lowest BCUT2D eigenvalue weighted by Gasteiger charge is -2.03. The van der Waals surface area contributed by atoms with Gasteiger partial charge in [-0.15, -0.1) is 0 Å². The van der Waals surface area contributed by atoms with Crippen molar-refractivity contribution in [2.45, 2.75) is 26.2 Å². The summed E-state index contributed by atoms with van der Waals surface area (Å²) in [6.45, 7) is 2.90. The molecule has 16 heavy (non-hydrogen) atoms. The summed E-state index contributed by atoms with van der Waals surface area (Å²) in [5.41, 5.74) is 0. The second-order valence-corrected chi connectivity index (χ2v) is 4.17. The molecule has 0 aliphatic carbocycles. The Hall–Kier alpha value is -0.680. The van der Waals surface area contributed by atoms with E-state index < -0.39 is 0 Å². The van der Waals surface area contributed by atoms with Crippen LogP contribution in [0.1, 0.15) is 26.2 Å². The highest BCUT2D eigenvalue weighted by Gasteiger charge is 2.07. The van der Waals surface area contributed by atoms with Crippen molar-refractivity contribution in [2.75, 3.05) is 20.3 Å². The normalized spacial score (nSPS) is 11.3. The topological polar surface area (TPSA) is 55.4 Å². The molecule has 0 spiro atoms. The third-order valence-electron chi connectivity index (χ3n) is 1.87. The SMILES string of the molecule is CCCCC(=O)/C=C(/Br)C(=O)NCCOC. The van der Waals surface area contributed by atoms with Crippen LogP contribution >= 0.6 is 15.9 Å². The van der Waals surface area contributed by atoms with Gasteiger partial charge in [-0.25, -0.2) is 0 Å². The maximum atomic E-state index is 11.4. The minimum absolute atomic E-state index is 0.0318.